The number of benzene rings is 1. The van der Waals surface area contributed by atoms with Crippen LogP contribution in [0.5, 0.6) is 11.5 Å². The molecule has 3 rings (SSSR count). The molecule has 0 saturated heterocycles. The maximum absolute atomic E-state index is 12.9. The molecule has 1 aromatic heterocycles. The van der Waals surface area contributed by atoms with E-state index in [-0.39, 0.29) is 38.1 Å². The number of carbonyl (C=O) groups excluding carboxylic acids is 2. The molecule has 0 unspecified atom stereocenters. The topological polar surface area (TPSA) is 145 Å². The number of aryl methyl sites for hydroxylation is 1. The van der Waals surface area contributed by atoms with Gasteiger partial charge >= 0.3 is 0 Å². The standard InChI is InChI=1S/C23H34N6O6S/c1-15(2)21-22-25-16(3)27-29(22)11-12-35-19-13-17(7-8-18(19)34-4)23(31)24-9-6-10-28(36(5,32)33)14-20(30)26-21/h7-8,13,15,21H,6,9-12,14H2,1-5H3,(H,24,31)(H,26,30)/t21-/m0/s1. The number of hydrogen-bond acceptors (Lipinski definition) is 8. The van der Waals surface area contributed by atoms with E-state index in [0.29, 0.717) is 41.7 Å². The van der Waals surface area contributed by atoms with Crippen molar-refractivity contribution in [2.45, 2.75) is 39.8 Å². The van der Waals surface area contributed by atoms with Gasteiger partial charge in [-0.25, -0.2) is 18.1 Å². The highest BCUT2D eigenvalue weighted by atomic mass is 32.2. The van der Waals surface area contributed by atoms with Crippen LogP contribution in [-0.2, 0) is 21.4 Å². The predicted octanol–water partition coefficient (Wildman–Crippen LogP) is 0.883. The van der Waals surface area contributed by atoms with E-state index in [9.17, 15) is 18.0 Å². The minimum Gasteiger partial charge on any atom is -0.493 e. The van der Waals surface area contributed by atoms with Crippen LogP contribution in [0.1, 0.15) is 48.3 Å². The molecule has 2 N–H and O–H groups in total. The second-order valence-corrected chi connectivity index (χ2v) is 10.9. The van der Waals surface area contributed by atoms with Crippen LogP contribution in [0.25, 0.3) is 0 Å². The Kier molecular flexibility index (Phi) is 8.90. The second kappa shape index (κ2) is 11.7. The number of rotatable bonds is 3. The first-order valence-corrected chi connectivity index (χ1v) is 13.6. The molecule has 0 saturated carbocycles. The van der Waals surface area contributed by atoms with Crippen LogP contribution < -0.4 is 20.1 Å². The Bertz CT molecular complexity index is 1200. The summed E-state index contributed by atoms with van der Waals surface area (Å²) in [7, 11) is -2.13. The number of fused-ring (bicyclic) bond motifs is 3. The Morgan fingerprint density at radius 2 is 1.97 bits per heavy atom. The first-order chi connectivity index (χ1) is 17.0. The largest absolute Gasteiger partial charge is 0.493 e. The highest BCUT2D eigenvalue weighted by Gasteiger charge is 2.27. The first kappa shape index (κ1) is 27.4. The van der Waals surface area contributed by atoms with Crippen molar-refractivity contribution in [1.29, 1.82) is 0 Å². The first-order valence-electron chi connectivity index (χ1n) is 11.7. The van der Waals surface area contributed by atoms with Gasteiger partial charge in [0.25, 0.3) is 5.91 Å². The lowest BCUT2D eigenvalue weighted by molar-refractivity contribution is -0.122. The lowest BCUT2D eigenvalue weighted by atomic mass is 10.0. The Hall–Kier alpha value is -3.19. The Balaban J connectivity index is 1.96. The number of methoxy groups -OCH3 is 1. The molecule has 0 spiro atoms. The number of ether oxygens (including phenoxy) is 2. The summed E-state index contributed by atoms with van der Waals surface area (Å²) in [6.45, 7) is 6.13. The van der Waals surface area contributed by atoms with E-state index in [1.165, 1.54) is 7.11 Å². The van der Waals surface area contributed by atoms with Gasteiger partial charge in [0.15, 0.2) is 11.5 Å². The number of hydrogen-bond donors (Lipinski definition) is 2. The Morgan fingerprint density at radius 1 is 1.22 bits per heavy atom. The van der Waals surface area contributed by atoms with E-state index in [2.05, 4.69) is 20.7 Å². The van der Waals surface area contributed by atoms with Gasteiger partial charge in [-0.05, 0) is 37.5 Å². The van der Waals surface area contributed by atoms with Crippen molar-refractivity contribution in [1.82, 2.24) is 29.7 Å². The van der Waals surface area contributed by atoms with Crippen LogP contribution in [0.3, 0.4) is 0 Å². The van der Waals surface area contributed by atoms with Crippen LogP contribution in [0.2, 0.25) is 0 Å². The van der Waals surface area contributed by atoms with Crippen molar-refractivity contribution >= 4 is 21.8 Å². The Morgan fingerprint density at radius 3 is 2.64 bits per heavy atom. The number of sulfonamides is 1. The number of nitrogens with zero attached hydrogens (tertiary/aromatic N) is 4. The molecule has 2 heterocycles. The summed E-state index contributed by atoms with van der Waals surface area (Å²) < 4.78 is 38.7. The fraction of sp³-hybridized carbons (Fsp3) is 0.565. The smallest absolute Gasteiger partial charge is 0.251 e. The number of amides is 2. The molecular formula is C23H34N6O6S. The molecule has 2 aromatic rings. The maximum Gasteiger partial charge on any atom is 0.251 e. The van der Waals surface area contributed by atoms with Crippen LogP contribution in [0.15, 0.2) is 18.2 Å². The monoisotopic (exact) mass is 522 g/mol. The van der Waals surface area contributed by atoms with Gasteiger partial charge in [-0.1, -0.05) is 13.8 Å². The van der Waals surface area contributed by atoms with Gasteiger partial charge in [-0.3, -0.25) is 9.59 Å². The summed E-state index contributed by atoms with van der Waals surface area (Å²) in [6.07, 6.45) is 1.39. The van der Waals surface area contributed by atoms with Crippen molar-refractivity contribution < 1.29 is 27.5 Å². The average molecular weight is 523 g/mol. The van der Waals surface area contributed by atoms with Crippen molar-refractivity contribution in [2.24, 2.45) is 5.92 Å². The number of aromatic nitrogens is 3. The van der Waals surface area contributed by atoms with Crippen molar-refractivity contribution in [3.8, 4) is 11.5 Å². The lowest BCUT2D eigenvalue weighted by Crippen LogP contribution is -2.44. The summed E-state index contributed by atoms with van der Waals surface area (Å²) in [5.74, 6) is 1.14. The summed E-state index contributed by atoms with van der Waals surface area (Å²) in [4.78, 5) is 30.1. The molecule has 198 valence electrons. The van der Waals surface area contributed by atoms with E-state index in [4.69, 9.17) is 9.47 Å². The Labute approximate surface area is 211 Å². The van der Waals surface area contributed by atoms with Gasteiger partial charge in [0.05, 0.1) is 32.5 Å². The summed E-state index contributed by atoms with van der Waals surface area (Å²) >= 11 is 0. The highest BCUT2D eigenvalue weighted by molar-refractivity contribution is 7.88. The SMILES string of the molecule is COc1ccc2cc1OCCn1nc(C)nc1[C@H](C(C)C)NC(=O)CN(S(C)(=O)=O)CCCNC2=O. The van der Waals surface area contributed by atoms with Crippen LogP contribution in [0, 0.1) is 12.8 Å². The van der Waals surface area contributed by atoms with E-state index in [1.54, 1.807) is 29.8 Å². The molecular weight excluding hydrogens is 488 g/mol. The molecule has 13 heteroatoms. The minimum absolute atomic E-state index is 0.0403. The number of carbonyl (C=O) groups is 2. The van der Waals surface area contributed by atoms with E-state index in [1.807, 2.05) is 13.8 Å². The molecule has 0 radical (unpaired) electrons. The lowest BCUT2D eigenvalue weighted by Gasteiger charge is -2.25. The third-order valence-electron chi connectivity index (χ3n) is 5.71. The van der Waals surface area contributed by atoms with Gasteiger partial charge in [0.1, 0.15) is 18.3 Å². The zero-order chi connectivity index (χ0) is 26.5. The fourth-order valence-electron chi connectivity index (χ4n) is 3.87. The molecule has 1 aliphatic rings. The molecule has 1 aromatic carbocycles. The van der Waals surface area contributed by atoms with Gasteiger partial charge in [-0.2, -0.15) is 9.40 Å². The number of nitrogens with one attached hydrogen (secondary N) is 2. The van der Waals surface area contributed by atoms with Gasteiger partial charge < -0.3 is 20.1 Å². The van der Waals surface area contributed by atoms with E-state index >= 15 is 0 Å². The van der Waals surface area contributed by atoms with Gasteiger partial charge in [0, 0.05) is 18.7 Å². The predicted molar refractivity (Wildman–Crippen MR) is 132 cm³/mol. The maximum atomic E-state index is 12.9. The molecule has 1 aliphatic heterocycles. The van der Waals surface area contributed by atoms with E-state index < -0.39 is 22.0 Å². The quantitative estimate of drug-likeness (QED) is 0.604. The molecule has 12 nitrogen and oxygen atoms in total. The molecule has 0 aliphatic carbocycles. The molecule has 36 heavy (non-hydrogen) atoms. The molecule has 0 fully saturated rings. The minimum atomic E-state index is -3.65. The highest BCUT2D eigenvalue weighted by Crippen LogP contribution is 2.28. The third kappa shape index (κ3) is 6.94. The zero-order valence-electron chi connectivity index (χ0n) is 21.3. The van der Waals surface area contributed by atoms with Gasteiger partial charge in [0.2, 0.25) is 15.9 Å². The summed E-state index contributed by atoms with van der Waals surface area (Å²) in [5.41, 5.74) is 0.378. The fourth-order valence-corrected chi connectivity index (χ4v) is 4.68. The normalized spacial score (nSPS) is 18.9. The van der Waals surface area contributed by atoms with Crippen molar-refractivity contribution in [3.63, 3.8) is 0 Å². The van der Waals surface area contributed by atoms with Crippen molar-refractivity contribution in [2.75, 3.05) is 39.6 Å². The van der Waals surface area contributed by atoms with Crippen molar-refractivity contribution in [3.05, 3.63) is 35.4 Å². The summed E-state index contributed by atoms with van der Waals surface area (Å²) in [5, 5.41) is 10.1. The summed E-state index contributed by atoms with van der Waals surface area (Å²) in [6, 6.07) is 4.39. The van der Waals surface area contributed by atoms with Crippen LogP contribution in [-0.4, -0.2) is 78.9 Å². The van der Waals surface area contributed by atoms with Gasteiger partial charge in [-0.15, -0.1) is 0 Å². The molecule has 2 amide bonds. The second-order valence-electron chi connectivity index (χ2n) is 8.95. The van der Waals surface area contributed by atoms with Crippen LogP contribution in [0.4, 0.5) is 0 Å². The third-order valence-corrected chi connectivity index (χ3v) is 6.96. The van der Waals surface area contributed by atoms with E-state index in [0.717, 1.165) is 10.6 Å². The molecule has 2 bridgehead atoms. The average Bonchev–Trinajstić information content (AvgIpc) is 3.17. The zero-order valence-corrected chi connectivity index (χ0v) is 22.1. The van der Waals surface area contributed by atoms with Crippen LogP contribution >= 0.6 is 0 Å². The molecule has 1 atom stereocenters.